The number of carboxylic acids is 1. The first-order valence-electron chi connectivity index (χ1n) is 10.9. The van der Waals surface area contributed by atoms with Crippen molar-refractivity contribution in [2.75, 3.05) is 20.8 Å². The van der Waals surface area contributed by atoms with Crippen LogP contribution in [0.2, 0.25) is 0 Å². The first-order valence-corrected chi connectivity index (χ1v) is 10.9. The fraction of sp³-hybridized carbons (Fsp3) is 0.400. The molecule has 2 aromatic carbocycles. The van der Waals surface area contributed by atoms with Gasteiger partial charge in [-0.15, -0.1) is 0 Å². The number of benzene rings is 2. The minimum Gasteiger partial charge on any atom is -0.504 e. The second kappa shape index (κ2) is 12.6. The number of carbonyl (C=O) groups excluding carboxylic acids is 2. The van der Waals surface area contributed by atoms with E-state index in [1.54, 1.807) is 18.2 Å². The molecule has 184 valence electrons. The van der Waals surface area contributed by atoms with Gasteiger partial charge in [0.2, 0.25) is 5.91 Å². The van der Waals surface area contributed by atoms with E-state index < -0.39 is 35.8 Å². The smallest absolute Gasteiger partial charge is 0.328 e. The van der Waals surface area contributed by atoms with E-state index in [1.807, 2.05) is 30.3 Å². The summed E-state index contributed by atoms with van der Waals surface area (Å²) in [7, 11) is 2.70. The van der Waals surface area contributed by atoms with Gasteiger partial charge in [-0.05, 0) is 49.6 Å². The summed E-state index contributed by atoms with van der Waals surface area (Å²) in [5.74, 6) is -1.95. The van der Waals surface area contributed by atoms with Gasteiger partial charge in [0.1, 0.15) is 11.6 Å². The zero-order chi connectivity index (χ0) is 25.1. The molecule has 0 aromatic heterocycles. The van der Waals surface area contributed by atoms with E-state index in [9.17, 15) is 24.6 Å². The predicted molar refractivity (Wildman–Crippen MR) is 126 cm³/mol. The minimum absolute atomic E-state index is 0.0470. The maximum atomic E-state index is 13.1. The molecule has 0 aliphatic carbocycles. The van der Waals surface area contributed by atoms with Gasteiger partial charge in [0.25, 0.3) is 0 Å². The van der Waals surface area contributed by atoms with Crippen LogP contribution in [0.1, 0.15) is 30.9 Å². The Morgan fingerprint density at radius 2 is 1.76 bits per heavy atom. The highest BCUT2D eigenvalue weighted by Crippen LogP contribution is 2.26. The number of carbonyl (C=O) groups is 3. The van der Waals surface area contributed by atoms with E-state index in [0.29, 0.717) is 25.1 Å². The maximum Gasteiger partial charge on any atom is 0.328 e. The first-order chi connectivity index (χ1) is 16.2. The molecule has 0 aliphatic heterocycles. The normalized spacial score (nSPS) is 13.4. The molecule has 0 aliphatic rings. The Morgan fingerprint density at radius 3 is 2.38 bits per heavy atom. The van der Waals surface area contributed by atoms with Gasteiger partial charge in [-0.1, -0.05) is 36.4 Å². The SMILES string of the molecule is COC(=O)C(Cc1ccccc1)NC(=O)C(C)(CC(=O)O)NCCCc1ccc(O)c(OC)c1. The number of nitrogens with one attached hydrogen (secondary N) is 2. The van der Waals surface area contributed by atoms with Gasteiger partial charge in [-0.3, -0.25) is 9.59 Å². The molecule has 0 heterocycles. The molecule has 34 heavy (non-hydrogen) atoms. The summed E-state index contributed by atoms with van der Waals surface area (Å²) in [6.45, 7) is 1.85. The van der Waals surface area contributed by atoms with Gasteiger partial charge >= 0.3 is 11.9 Å². The second-order valence-electron chi connectivity index (χ2n) is 8.18. The van der Waals surface area contributed by atoms with Gasteiger partial charge in [0, 0.05) is 6.42 Å². The molecule has 0 saturated carbocycles. The summed E-state index contributed by atoms with van der Waals surface area (Å²) in [6, 6.07) is 13.2. The molecular formula is C25H32N2O7. The van der Waals surface area contributed by atoms with Crippen molar-refractivity contribution in [3.05, 3.63) is 59.7 Å². The van der Waals surface area contributed by atoms with E-state index in [4.69, 9.17) is 9.47 Å². The molecule has 0 radical (unpaired) electrons. The Morgan fingerprint density at radius 1 is 1.06 bits per heavy atom. The average molecular weight is 473 g/mol. The zero-order valence-corrected chi connectivity index (χ0v) is 19.7. The number of carboxylic acid groups (broad SMARTS) is 1. The Balaban J connectivity index is 2.05. The number of hydrogen-bond acceptors (Lipinski definition) is 7. The summed E-state index contributed by atoms with van der Waals surface area (Å²) in [5.41, 5.74) is 0.311. The van der Waals surface area contributed by atoms with Crippen molar-refractivity contribution >= 4 is 17.8 Å². The first kappa shape index (κ1) is 26.7. The second-order valence-corrected chi connectivity index (χ2v) is 8.18. The Bertz CT molecular complexity index is 980. The fourth-order valence-electron chi connectivity index (χ4n) is 3.56. The molecule has 2 rings (SSSR count). The lowest BCUT2D eigenvalue weighted by Crippen LogP contribution is -2.59. The number of phenols is 1. The highest BCUT2D eigenvalue weighted by atomic mass is 16.5. The van der Waals surface area contributed by atoms with Gasteiger partial charge in [-0.2, -0.15) is 0 Å². The summed E-state index contributed by atoms with van der Waals surface area (Å²) in [6.07, 6.45) is 0.963. The number of hydrogen-bond donors (Lipinski definition) is 4. The molecular weight excluding hydrogens is 440 g/mol. The van der Waals surface area contributed by atoms with Crippen molar-refractivity contribution in [1.82, 2.24) is 10.6 Å². The van der Waals surface area contributed by atoms with Crippen LogP contribution < -0.4 is 15.4 Å². The number of amides is 1. The van der Waals surface area contributed by atoms with Crippen LogP contribution >= 0.6 is 0 Å². The lowest BCUT2D eigenvalue weighted by Gasteiger charge is -2.30. The quantitative estimate of drug-likeness (QED) is 0.257. The minimum atomic E-state index is -1.44. The van der Waals surface area contributed by atoms with Gasteiger partial charge in [0.05, 0.1) is 20.6 Å². The van der Waals surface area contributed by atoms with Crippen LogP contribution in [0, 0.1) is 0 Å². The number of esters is 1. The molecule has 0 spiro atoms. The summed E-state index contributed by atoms with van der Waals surface area (Å²) < 4.78 is 9.94. The number of phenolic OH excluding ortho intramolecular Hbond substituents is 1. The summed E-state index contributed by atoms with van der Waals surface area (Å²) >= 11 is 0. The van der Waals surface area contributed by atoms with Gasteiger partial charge < -0.3 is 30.3 Å². The van der Waals surface area contributed by atoms with Crippen LogP contribution in [0.25, 0.3) is 0 Å². The van der Waals surface area contributed by atoms with Crippen LogP contribution in [-0.2, 0) is 32.0 Å². The van der Waals surface area contributed by atoms with E-state index in [1.165, 1.54) is 21.1 Å². The molecule has 0 saturated heterocycles. The Labute approximate surface area is 199 Å². The van der Waals surface area contributed by atoms with Crippen LogP contribution in [0.15, 0.2) is 48.5 Å². The largest absolute Gasteiger partial charge is 0.504 e. The molecule has 9 nitrogen and oxygen atoms in total. The third-order valence-corrected chi connectivity index (χ3v) is 5.48. The van der Waals surface area contributed by atoms with Crippen molar-refractivity contribution in [2.45, 2.75) is 44.2 Å². The lowest BCUT2D eigenvalue weighted by molar-refractivity contribution is -0.147. The number of rotatable bonds is 13. The Hall–Kier alpha value is -3.59. The summed E-state index contributed by atoms with van der Waals surface area (Å²) in [5, 5.41) is 24.8. The fourth-order valence-corrected chi connectivity index (χ4v) is 3.56. The number of aromatic hydroxyl groups is 1. The zero-order valence-electron chi connectivity index (χ0n) is 19.7. The molecule has 2 aromatic rings. The number of aliphatic carboxylic acids is 1. The molecule has 0 fully saturated rings. The number of ether oxygens (including phenoxy) is 2. The van der Waals surface area contributed by atoms with Gasteiger partial charge in [0.15, 0.2) is 11.5 Å². The maximum absolute atomic E-state index is 13.1. The summed E-state index contributed by atoms with van der Waals surface area (Å²) in [4.78, 5) is 36.9. The van der Waals surface area contributed by atoms with Crippen molar-refractivity contribution in [1.29, 1.82) is 0 Å². The number of aryl methyl sites for hydroxylation is 1. The van der Waals surface area contributed by atoms with Crippen LogP contribution in [-0.4, -0.2) is 60.4 Å². The van der Waals surface area contributed by atoms with E-state index in [-0.39, 0.29) is 12.2 Å². The average Bonchev–Trinajstić information content (AvgIpc) is 2.82. The molecule has 2 unspecified atom stereocenters. The molecule has 1 amide bonds. The third kappa shape index (κ3) is 7.77. The number of methoxy groups -OCH3 is 2. The highest BCUT2D eigenvalue weighted by Gasteiger charge is 2.37. The monoisotopic (exact) mass is 472 g/mol. The highest BCUT2D eigenvalue weighted by molar-refractivity contribution is 5.93. The van der Waals surface area contributed by atoms with E-state index >= 15 is 0 Å². The van der Waals surface area contributed by atoms with Crippen LogP contribution in [0.4, 0.5) is 0 Å². The van der Waals surface area contributed by atoms with Gasteiger partial charge in [-0.25, -0.2) is 4.79 Å². The van der Waals surface area contributed by atoms with E-state index in [0.717, 1.165) is 11.1 Å². The topological polar surface area (TPSA) is 134 Å². The third-order valence-electron chi connectivity index (χ3n) is 5.48. The van der Waals surface area contributed by atoms with Crippen LogP contribution in [0.5, 0.6) is 11.5 Å². The van der Waals surface area contributed by atoms with Crippen LogP contribution in [0.3, 0.4) is 0 Å². The van der Waals surface area contributed by atoms with E-state index in [2.05, 4.69) is 10.6 Å². The van der Waals surface area contributed by atoms with Crippen molar-refractivity contribution in [3.8, 4) is 11.5 Å². The Kier molecular flexibility index (Phi) is 9.88. The van der Waals surface area contributed by atoms with Crippen molar-refractivity contribution < 1.29 is 34.1 Å². The molecule has 2 atom stereocenters. The lowest BCUT2D eigenvalue weighted by atomic mass is 9.94. The van der Waals surface area contributed by atoms with Crippen molar-refractivity contribution in [2.24, 2.45) is 0 Å². The molecule has 4 N–H and O–H groups in total. The molecule has 0 bridgehead atoms. The van der Waals surface area contributed by atoms with Crippen molar-refractivity contribution in [3.63, 3.8) is 0 Å². The molecule has 9 heteroatoms. The standard InChI is InChI=1S/C25H32N2O7/c1-25(16-22(29)30,26-13-7-10-18-11-12-20(28)21(15-18)33-2)24(32)27-19(23(31)34-3)14-17-8-5-4-6-9-17/h4-6,8-9,11-12,15,19,26,28H,7,10,13-14,16H2,1-3H3,(H,27,32)(H,29,30). The predicted octanol–water partition coefficient (Wildman–Crippen LogP) is 2.06.